The first-order valence-corrected chi connectivity index (χ1v) is 4.34. The van der Waals surface area contributed by atoms with Crippen LogP contribution in [-0.2, 0) is 9.47 Å². The fourth-order valence-corrected chi connectivity index (χ4v) is 1.45. The summed E-state index contributed by atoms with van der Waals surface area (Å²) in [5, 5.41) is 9.54. The first-order chi connectivity index (χ1) is 6.20. The highest BCUT2D eigenvalue weighted by Gasteiger charge is 2.40. The molecule has 1 heterocycles. The molecule has 13 heavy (non-hydrogen) atoms. The smallest absolute Gasteiger partial charge is 0.112 e. The zero-order valence-corrected chi connectivity index (χ0v) is 7.64. The van der Waals surface area contributed by atoms with Crippen LogP contribution >= 0.6 is 0 Å². The van der Waals surface area contributed by atoms with Crippen LogP contribution in [0.5, 0.6) is 0 Å². The summed E-state index contributed by atoms with van der Waals surface area (Å²) in [6, 6.07) is -0.660. The Kier molecular flexibility index (Phi) is 3.79. The first-order valence-electron chi connectivity index (χ1n) is 4.34. The number of ether oxygens (including phenoxy) is 2. The Morgan fingerprint density at radius 1 is 1.69 bits per heavy atom. The Morgan fingerprint density at radius 2 is 2.38 bits per heavy atom. The number of hydrogen-bond acceptors (Lipinski definition) is 3. The Bertz CT molecular complexity index is 202. The van der Waals surface area contributed by atoms with E-state index in [4.69, 9.17) is 23.7 Å². The molecule has 0 aromatic heterocycles. The van der Waals surface area contributed by atoms with Gasteiger partial charge < -0.3 is 14.6 Å². The van der Waals surface area contributed by atoms with Gasteiger partial charge in [-0.1, -0.05) is 12.8 Å². The van der Waals surface area contributed by atoms with Gasteiger partial charge in [-0.25, -0.2) is 0 Å². The molecule has 0 spiro atoms. The predicted octanol–water partition coefficient (Wildman–Crippen LogP) is -0.331. The highest BCUT2D eigenvalue weighted by molar-refractivity contribution is 6.11. The van der Waals surface area contributed by atoms with Crippen molar-refractivity contribution in [2.45, 2.75) is 37.7 Å². The topological polar surface area (TPSA) is 38.7 Å². The number of hydrogen-bond donors (Lipinski definition) is 1. The molecule has 0 aromatic carbocycles. The van der Waals surface area contributed by atoms with Gasteiger partial charge in [0.1, 0.15) is 26.7 Å². The largest absolute Gasteiger partial charge is 0.388 e. The molecule has 0 aliphatic carbocycles. The summed E-state index contributed by atoms with van der Waals surface area (Å²) in [6.45, 7) is 2.12. The molecule has 70 valence electrons. The van der Waals surface area contributed by atoms with Crippen molar-refractivity contribution in [1.82, 2.24) is 0 Å². The molecular weight excluding hydrogens is 167 g/mol. The molecule has 1 fully saturated rings. The van der Waals surface area contributed by atoms with Gasteiger partial charge in [-0.15, -0.1) is 6.42 Å². The quantitative estimate of drug-likeness (QED) is 0.477. The van der Waals surface area contributed by atoms with Crippen molar-refractivity contribution in [3.8, 4) is 12.3 Å². The van der Waals surface area contributed by atoms with Gasteiger partial charge in [0.05, 0.1) is 6.10 Å². The average Bonchev–Trinajstić information content (AvgIpc) is 2.40. The minimum Gasteiger partial charge on any atom is -0.388 e. The normalized spacial score (nSPS) is 38.8. The van der Waals surface area contributed by atoms with Crippen molar-refractivity contribution in [2.75, 3.05) is 6.61 Å². The number of aliphatic hydroxyl groups is 1. The van der Waals surface area contributed by atoms with E-state index in [-0.39, 0.29) is 12.7 Å². The maximum Gasteiger partial charge on any atom is 0.112 e. The molecule has 4 atom stereocenters. The second-order valence-corrected chi connectivity index (χ2v) is 3.02. The van der Waals surface area contributed by atoms with Gasteiger partial charge in [-0.2, -0.15) is 0 Å². The molecule has 1 aliphatic heterocycles. The van der Waals surface area contributed by atoms with Crippen molar-refractivity contribution in [1.29, 1.82) is 0 Å². The molecule has 2 radical (unpaired) electrons. The second-order valence-electron chi connectivity index (χ2n) is 3.02. The van der Waals surface area contributed by atoms with Crippen molar-refractivity contribution in [3.05, 3.63) is 0 Å². The summed E-state index contributed by atoms with van der Waals surface area (Å²) in [6.07, 6.45) is 4.47. The highest BCUT2D eigenvalue weighted by atomic mass is 16.6. The van der Waals surface area contributed by atoms with Gasteiger partial charge in [0.15, 0.2) is 0 Å². The van der Waals surface area contributed by atoms with Crippen LogP contribution in [0, 0.1) is 12.3 Å². The van der Waals surface area contributed by atoms with E-state index >= 15 is 0 Å². The van der Waals surface area contributed by atoms with Gasteiger partial charge in [-0.05, 0) is 6.42 Å². The molecule has 0 amide bonds. The van der Waals surface area contributed by atoms with Crippen LogP contribution in [0.15, 0.2) is 0 Å². The lowest BCUT2D eigenvalue weighted by Crippen LogP contribution is -2.35. The highest BCUT2D eigenvalue weighted by Crippen LogP contribution is 2.24. The van der Waals surface area contributed by atoms with E-state index < -0.39 is 18.2 Å². The predicted molar refractivity (Wildman–Crippen MR) is 49.3 cm³/mol. The second kappa shape index (κ2) is 4.66. The zero-order valence-electron chi connectivity index (χ0n) is 7.64. The summed E-state index contributed by atoms with van der Waals surface area (Å²) in [7, 11) is 5.50. The fourth-order valence-electron chi connectivity index (χ4n) is 1.45. The summed E-state index contributed by atoms with van der Waals surface area (Å²) in [4.78, 5) is 0. The summed E-state index contributed by atoms with van der Waals surface area (Å²) < 4.78 is 10.5. The van der Waals surface area contributed by atoms with Crippen LogP contribution in [0.1, 0.15) is 13.3 Å². The molecule has 0 aromatic rings. The number of aliphatic hydroxyl groups excluding tert-OH is 1. The lowest BCUT2D eigenvalue weighted by atomic mass is 9.93. The van der Waals surface area contributed by atoms with E-state index in [1.807, 2.05) is 6.92 Å². The number of rotatable bonds is 3. The lowest BCUT2D eigenvalue weighted by molar-refractivity contribution is -0.0247. The van der Waals surface area contributed by atoms with Crippen LogP contribution in [0.4, 0.5) is 0 Å². The Hall–Kier alpha value is -0.495. The first kappa shape index (κ1) is 10.6. The molecule has 0 bridgehead atoms. The molecule has 1 saturated heterocycles. The Balaban J connectivity index is 2.53. The maximum absolute atomic E-state index is 9.54. The van der Waals surface area contributed by atoms with E-state index in [1.165, 1.54) is 0 Å². The van der Waals surface area contributed by atoms with E-state index in [0.29, 0.717) is 0 Å². The SMILES string of the molecule is [B][C@@H]1O[C@H](CC)[C@H](OCC#C)C1O. The minimum absolute atomic E-state index is 0.154. The summed E-state index contributed by atoms with van der Waals surface area (Å²) in [5.74, 6) is 2.34. The molecule has 1 rings (SSSR count). The monoisotopic (exact) mass is 180 g/mol. The molecule has 1 unspecified atom stereocenters. The molecule has 1 aliphatic rings. The van der Waals surface area contributed by atoms with Crippen molar-refractivity contribution in [2.24, 2.45) is 0 Å². The minimum atomic E-state index is -0.779. The third-order valence-corrected chi connectivity index (χ3v) is 2.13. The molecular formula is C9H13BO3. The van der Waals surface area contributed by atoms with Crippen LogP contribution in [-0.4, -0.2) is 43.9 Å². The van der Waals surface area contributed by atoms with Crippen LogP contribution in [0.25, 0.3) is 0 Å². The third kappa shape index (κ3) is 2.25. The number of terminal acetylenes is 1. The van der Waals surface area contributed by atoms with E-state index in [0.717, 1.165) is 6.42 Å². The van der Waals surface area contributed by atoms with Crippen molar-refractivity contribution >= 4 is 7.85 Å². The zero-order chi connectivity index (χ0) is 9.84. The Labute approximate surface area is 79.8 Å². The van der Waals surface area contributed by atoms with E-state index in [9.17, 15) is 5.11 Å². The van der Waals surface area contributed by atoms with Gasteiger partial charge in [0, 0.05) is 6.00 Å². The third-order valence-electron chi connectivity index (χ3n) is 2.13. The summed E-state index contributed by atoms with van der Waals surface area (Å²) in [5.41, 5.74) is 0. The van der Waals surface area contributed by atoms with Gasteiger partial charge in [-0.3, -0.25) is 0 Å². The molecule has 0 saturated carbocycles. The molecule has 4 heteroatoms. The van der Waals surface area contributed by atoms with Gasteiger partial charge in [0.25, 0.3) is 0 Å². The van der Waals surface area contributed by atoms with Crippen LogP contribution < -0.4 is 0 Å². The van der Waals surface area contributed by atoms with E-state index in [1.54, 1.807) is 0 Å². The van der Waals surface area contributed by atoms with Crippen LogP contribution in [0.2, 0.25) is 0 Å². The van der Waals surface area contributed by atoms with Crippen LogP contribution in [0.3, 0.4) is 0 Å². The van der Waals surface area contributed by atoms with Crippen molar-refractivity contribution < 1.29 is 14.6 Å². The summed E-state index contributed by atoms with van der Waals surface area (Å²) >= 11 is 0. The van der Waals surface area contributed by atoms with Gasteiger partial charge in [0.2, 0.25) is 0 Å². The maximum atomic E-state index is 9.54. The fraction of sp³-hybridized carbons (Fsp3) is 0.778. The van der Waals surface area contributed by atoms with E-state index in [2.05, 4.69) is 5.92 Å². The molecule has 1 N–H and O–H groups in total. The Morgan fingerprint density at radius 3 is 2.92 bits per heavy atom. The standard InChI is InChI=1S/C9H13BO3/c1-3-5-12-8-6(4-2)13-9(10)7(8)11/h1,6-9,11H,4-5H2,2H3/t6-,7?,8+,9-/m1/s1. The average molecular weight is 180 g/mol. The molecule has 3 nitrogen and oxygen atoms in total. The lowest BCUT2D eigenvalue weighted by Gasteiger charge is -2.18. The van der Waals surface area contributed by atoms with Gasteiger partial charge >= 0.3 is 0 Å². The van der Waals surface area contributed by atoms with Crippen molar-refractivity contribution in [3.63, 3.8) is 0 Å².